The second-order valence-electron chi connectivity index (χ2n) is 8.22. The Labute approximate surface area is 200 Å². The Kier molecular flexibility index (Phi) is 5.66. The summed E-state index contributed by atoms with van der Waals surface area (Å²) in [5.74, 6) is 0.695. The highest BCUT2D eigenvalue weighted by atomic mass is 79.9. The Hall–Kier alpha value is -2.84. The summed E-state index contributed by atoms with van der Waals surface area (Å²) in [6.45, 7) is 0. The Bertz CT molecular complexity index is 1340. The first-order valence-corrected chi connectivity index (χ1v) is 12.8. The lowest BCUT2D eigenvalue weighted by atomic mass is 9.77. The highest BCUT2D eigenvalue weighted by Crippen LogP contribution is 2.51. The first-order valence-electron chi connectivity index (χ1n) is 10.5. The molecule has 0 bridgehead atoms. The van der Waals surface area contributed by atoms with Gasteiger partial charge in [-0.15, -0.1) is 0 Å². The second-order valence-corrected chi connectivity index (χ2v) is 10.8. The van der Waals surface area contributed by atoms with E-state index in [2.05, 4.69) is 44.2 Å². The fourth-order valence-corrected chi connectivity index (χ4v) is 6.20. The minimum atomic E-state index is -3.82. The number of anilines is 2. The van der Waals surface area contributed by atoms with Crippen molar-refractivity contribution in [2.45, 2.75) is 23.3 Å². The molecule has 0 spiro atoms. The van der Waals surface area contributed by atoms with Crippen LogP contribution in [0.5, 0.6) is 5.75 Å². The predicted molar refractivity (Wildman–Crippen MR) is 131 cm³/mol. The van der Waals surface area contributed by atoms with Gasteiger partial charge in [-0.1, -0.05) is 28.1 Å². The van der Waals surface area contributed by atoms with E-state index in [0.717, 1.165) is 33.5 Å². The lowest BCUT2D eigenvalue weighted by Crippen LogP contribution is -2.29. The molecule has 1 aliphatic heterocycles. The van der Waals surface area contributed by atoms with Crippen LogP contribution in [-0.4, -0.2) is 15.5 Å². The Balaban J connectivity index is 1.50. The molecule has 170 valence electrons. The van der Waals surface area contributed by atoms with Crippen LogP contribution in [-0.2, 0) is 10.0 Å². The molecule has 5 rings (SSSR count). The van der Waals surface area contributed by atoms with Crippen molar-refractivity contribution in [1.29, 1.82) is 0 Å². The van der Waals surface area contributed by atoms with Gasteiger partial charge in [0.25, 0.3) is 10.0 Å². The van der Waals surface area contributed by atoms with Crippen molar-refractivity contribution in [2.75, 3.05) is 17.1 Å². The molecule has 0 aromatic heterocycles. The number of nitrogens with one attached hydrogen (secondary N) is 2. The molecule has 2 N–H and O–H groups in total. The topological polar surface area (TPSA) is 67.4 Å². The van der Waals surface area contributed by atoms with E-state index < -0.39 is 15.8 Å². The van der Waals surface area contributed by atoms with Crippen LogP contribution in [0.15, 0.2) is 82.2 Å². The van der Waals surface area contributed by atoms with Crippen molar-refractivity contribution < 1.29 is 17.5 Å². The summed E-state index contributed by atoms with van der Waals surface area (Å²) in [5, 5.41) is 3.62. The van der Waals surface area contributed by atoms with Crippen LogP contribution in [0.4, 0.5) is 15.8 Å². The number of sulfonamides is 1. The van der Waals surface area contributed by atoms with E-state index in [1.54, 1.807) is 19.2 Å². The number of fused-ring (bicyclic) bond motifs is 3. The van der Waals surface area contributed by atoms with E-state index in [0.29, 0.717) is 5.69 Å². The minimum absolute atomic E-state index is 0.0183. The summed E-state index contributed by atoms with van der Waals surface area (Å²) in [6, 6.07) is 16.4. The molecule has 3 atom stereocenters. The van der Waals surface area contributed by atoms with Crippen molar-refractivity contribution in [3.05, 3.63) is 94.2 Å². The molecular weight excluding hydrogens is 507 g/mol. The summed E-state index contributed by atoms with van der Waals surface area (Å²) < 4.78 is 48.3. The zero-order valence-electron chi connectivity index (χ0n) is 17.8. The number of hydrogen-bond acceptors (Lipinski definition) is 4. The van der Waals surface area contributed by atoms with Gasteiger partial charge in [-0.2, -0.15) is 0 Å². The van der Waals surface area contributed by atoms with Crippen LogP contribution in [0.3, 0.4) is 0 Å². The molecule has 3 aromatic rings. The quantitative estimate of drug-likeness (QED) is 0.385. The summed E-state index contributed by atoms with van der Waals surface area (Å²) >= 11 is 3.57. The van der Waals surface area contributed by atoms with Gasteiger partial charge in [0.05, 0.1) is 18.0 Å². The number of hydrogen-bond donors (Lipinski definition) is 2. The molecule has 0 amide bonds. The average molecular weight is 529 g/mol. The van der Waals surface area contributed by atoms with E-state index >= 15 is 0 Å². The van der Waals surface area contributed by atoms with Crippen molar-refractivity contribution in [1.82, 2.24) is 0 Å². The third-order valence-corrected chi connectivity index (χ3v) is 8.14. The summed E-state index contributed by atoms with van der Waals surface area (Å²) in [6.07, 6.45) is 5.19. The van der Waals surface area contributed by atoms with Crippen molar-refractivity contribution in [2.24, 2.45) is 5.92 Å². The summed E-state index contributed by atoms with van der Waals surface area (Å²) in [4.78, 5) is 0.171. The number of allylic oxidation sites excluding steroid dienone is 2. The highest BCUT2D eigenvalue weighted by Gasteiger charge is 2.39. The Morgan fingerprint density at radius 3 is 2.61 bits per heavy atom. The molecule has 1 aliphatic carbocycles. The molecule has 33 heavy (non-hydrogen) atoms. The predicted octanol–water partition coefficient (Wildman–Crippen LogP) is 6.22. The first kappa shape index (κ1) is 22.0. The average Bonchev–Trinajstić information content (AvgIpc) is 3.30. The van der Waals surface area contributed by atoms with Gasteiger partial charge in [-0.05, 0) is 78.6 Å². The molecule has 5 nitrogen and oxygen atoms in total. The lowest BCUT2D eigenvalue weighted by molar-refractivity contribution is 0.381. The minimum Gasteiger partial charge on any atom is -0.496 e. The molecule has 1 heterocycles. The van der Waals surface area contributed by atoms with Crippen LogP contribution >= 0.6 is 15.9 Å². The van der Waals surface area contributed by atoms with Gasteiger partial charge in [0.15, 0.2) is 0 Å². The fourth-order valence-electron chi connectivity index (χ4n) is 4.73. The second kappa shape index (κ2) is 8.50. The highest BCUT2D eigenvalue weighted by molar-refractivity contribution is 9.10. The van der Waals surface area contributed by atoms with Crippen LogP contribution in [0.2, 0.25) is 0 Å². The molecule has 0 radical (unpaired) electrons. The van der Waals surface area contributed by atoms with Crippen LogP contribution in [0.25, 0.3) is 0 Å². The standard InChI is InChI=1S/C25H22BrFN2O3S/c1-32-24-12-5-15(26)13-22(24)25-20-4-2-3-19(20)21-14-18(10-11-23(21)28-25)33(30,31)29-17-8-6-16(27)7-9-17/h2-3,5-14,19-20,25,28-29H,4H2,1H3/t19-,20+,25-/m0/s1. The van der Waals surface area contributed by atoms with Gasteiger partial charge in [0.1, 0.15) is 11.6 Å². The molecule has 0 saturated carbocycles. The van der Waals surface area contributed by atoms with Crippen molar-refractivity contribution in [3.63, 3.8) is 0 Å². The maximum absolute atomic E-state index is 13.2. The fraction of sp³-hybridized carbons (Fsp3) is 0.200. The Morgan fingerprint density at radius 2 is 1.85 bits per heavy atom. The smallest absolute Gasteiger partial charge is 0.261 e. The Morgan fingerprint density at radius 1 is 1.06 bits per heavy atom. The van der Waals surface area contributed by atoms with E-state index in [-0.39, 0.29) is 22.8 Å². The zero-order valence-corrected chi connectivity index (χ0v) is 20.2. The maximum Gasteiger partial charge on any atom is 0.261 e. The first-order chi connectivity index (χ1) is 15.9. The molecule has 3 aromatic carbocycles. The van der Waals surface area contributed by atoms with Crippen molar-refractivity contribution in [3.8, 4) is 5.75 Å². The normalized spacial score (nSPS) is 21.1. The molecule has 0 saturated heterocycles. The van der Waals surface area contributed by atoms with E-state index in [9.17, 15) is 12.8 Å². The third kappa shape index (κ3) is 4.13. The van der Waals surface area contributed by atoms with Gasteiger partial charge in [0.2, 0.25) is 0 Å². The van der Waals surface area contributed by atoms with Crippen LogP contribution in [0.1, 0.15) is 29.5 Å². The number of ether oxygens (including phenoxy) is 1. The summed E-state index contributed by atoms with van der Waals surface area (Å²) in [5.41, 5.74) is 3.22. The lowest BCUT2D eigenvalue weighted by Gasteiger charge is -2.38. The largest absolute Gasteiger partial charge is 0.496 e. The monoisotopic (exact) mass is 528 g/mol. The van der Waals surface area contributed by atoms with Gasteiger partial charge < -0.3 is 10.1 Å². The molecular formula is C25H22BrFN2O3S. The van der Waals surface area contributed by atoms with Crippen molar-refractivity contribution >= 4 is 37.3 Å². The van der Waals surface area contributed by atoms with E-state index in [4.69, 9.17) is 4.74 Å². The SMILES string of the molecule is COc1ccc(Br)cc1[C@H]1Nc2ccc(S(=O)(=O)Nc3ccc(F)cc3)cc2[C@H]2C=CC[C@H]21. The van der Waals surface area contributed by atoms with Gasteiger partial charge in [-0.25, -0.2) is 12.8 Å². The van der Waals surface area contributed by atoms with Gasteiger partial charge in [0, 0.05) is 27.3 Å². The number of halogens is 2. The zero-order chi connectivity index (χ0) is 23.2. The number of rotatable bonds is 5. The molecule has 2 aliphatic rings. The van der Waals surface area contributed by atoms with Gasteiger partial charge in [-0.3, -0.25) is 4.72 Å². The number of benzene rings is 3. The van der Waals surface area contributed by atoms with E-state index in [1.807, 2.05) is 18.2 Å². The molecule has 0 fully saturated rings. The number of methoxy groups -OCH3 is 1. The maximum atomic E-state index is 13.2. The summed E-state index contributed by atoms with van der Waals surface area (Å²) in [7, 11) is -2.16. The molecule has 0 unspecified atom stereocenters. The molecule has 8 heteroatoms. The van der Waals surface area contributed by atoms with Crippen LogP contribution < -0.4 is 14.8 Å². The van der Waals surface area contributed by atoms with E-state index in [1.165, 1.54) is 24.3 Å². The van der Waals surface area contributed by atoms with Crippen LogP contribution in [0, 0.1) is 11.7 Å². The van der Waals surface area contributed by atoms with Gasteiger partial charge >= 0.3 is 0 Å². The third-order valence-electron chi connectivity index (χ3n) is 6.27.